The number of nitrogens with zero attached hydrogens (tertiary/aromatic N) is 2. The molecule has 0 radical (unpaired) electrons. The van der Waals surface area contributed by atoms with Crippen LogP contribution in [0.25, 0.3) is 0 Å². The molecule has 1 aromatic rings. The molecular formula is C12H19N3O3. The lowest BCUT2D eigenvalue weighted by Gasteiger charge is -2.13. The van der Waals surface area contributed by atoms with Crippen molar-refractivity contribution < 1.29 is 14.7 Å². The van der Waals surface area contributed by atoms with Crippen molar-refractivity contribution in [3.05, 3.63) is 18.0 Å². The van der Waals surface area contributed by atoms with Crippen LogP contribution in [0.2, 0.25) is 0 Å². The third-order valence-electron chi connectivity index (χ3n) is 2.67. The fraction of sp³-hybridized carbons (Fsp3) is 0.583. The third kappa shape index (κ3) is 3.87. The first-order valence-corrected chi connectivity index (χ1v) is 6.14. The van der Waals surface area contributed by atoms with E-state index in [0.29, 0.717) is 18.5 Å². The van der Waals surface area contributed by atoms with Crippen LogP contribution in [-0.2, 0) is 11.3 Å². The fourth-order valence-corrected chi connectivity index (χ4v) is 1.56. The van der Waals surface area contributed by atoms with Gasteiger partial charge in [-0.3, -0.25) is 9.48 Å². The summed E-state index contributed by atoms with van der Waals surface area (Å²) in [6, 6.07) is -0.831. The van der Waals surface area contributed by atoms with E-state index in [-0.39, 0.29) is 0 Å². The van der Waals surface area contributed by atoms with Gasteiger partial charge in [0.2, 0.25) is 0 Å². The summed E-state index contributed by atoms with van der Waals surface area (Å²) in [7, 11) is 0. The molecule has 0 aliphatic carbocycles. The number of rotatable bonds is 7. The minimum Gasteiger partial charge on any atom is -0.480 e. The molecular weight excluding hydrogens is 234 g/mol. The molecule has 1 atom stereocenters. The molecule has 6 heteroatoms. The highest BCUT2D eigenvalue weighted by atomic mass is 16.4. The molecule has 1 aromatic heterocycles. The monoisotopic (exact) mass is 253 g/mol. The molecule has 0 aromatic carbocycles. The molecule has 0 saturated heterocycles. The van der Waals surface area contributed by atoms with Gasteiger partial charge in [0.1, 0.15) is 6.04 Å². The Labute approximate surface area is 106 Å². The highest BCUT2D eigenvalue weighted by Gasteiger charge is 2.20. The maximum absolute atomic E-state index is 11.8. The number of carboxylic acids is 1. The van der Waals surface area contributed by atoms with Crippen LogP contribution in [0.3, 0.4) is 0 Å². The molecule has 0 spiro atoms. The van der Waals surface area contributed by atoms with E-state index in [1.54, 1.807) is 10.9 Å². The average molecular weight is 253 g/mol. The van der Waals surface area contributed by atoms with Gasteiger partial charge in [-0.25, -0.2) is 4.79 Å². The van der Waals surface area contributed by atoms with E-state index in [1.165, 1.54) is 6.20 Å². The zero-order valence-electron chi connectivity index (χ0n) is 10.7. The number of aryl methyl sites for hydroxylation is 1. The van der Waals surface area contributed by atoms with Crippen LogP contribution >= 0.6 is 0 Å². The number of carboxylic acid groups (broad SMARTS) is 1. The quantitative estimate of drug-likeness (QED) is 0.766. The van der Waals surface area contributed by atoms with Crippen LogP contribution in [0.15, 0.2) is 12.4 Å². The first-order chi connectivity index (χ1) is 8.58. The number of hydrogen-bond donors (Lipinski definition) is 2. The Balaban J connectivity index is 2.62. The number of carbonyl (C=O) groups excluding carboxylic acids is 1. The van der Waals surface area contributed by atoms with E-state index in [0.717, 1.165) is 12.8 Å². The van der Waals surface area contributed by atoms with Crippen molar-refractivity contribution >= 4 is 11.9 Å². The van der Waals surface area contributed by atoms with E-state index in [4.69, 9.17) is 5.11 Å². The molecule has 0 aliphatic rings. The summed E-state index contributed by atoms with van der Waals surface area (Å²) in [4.78, 5) is 22.8. The van der Waals surface area contributed by atoms with Gasteiger partial charge in [-0.15, -0.1) is 0 Å². The second kappa shape index (κ2) is 6.78. The normalized spacial score (nSPS) is 12.1. The van der Waals surface area contributed by atoms with Gasteiger partial charge in [-0.1, -0.05) is 19.8 Å². The van der Waals surface area contributed by atoms with Crippen molar-refractivity contribution in [1.82, 2.24) is 15.1 Å². The van der Waals surface area contributed by atoms with Gasteiger partial charge in [0.05, 0.1) is 11.8 Å². The summed E-state index contributed by atoms with van der Waals surface area (Å²) in [5.41, 5.74) is 0.389. The smallest absolute Gasteiger partial charge is 0.326 e. The van der Waals surface area contributed by atoms with Crippen molar-refractivity contribution in [2.24, 2.45) is 0 Å². The van der Waals surface area contributed by atoms with Crippen molar-refractivity contribution in [3.63, 3.8) is 0 Å². The molecule has 18 heavy (non-hydrogen) atoms. The van der Waals surface area contributed by atoms with Gasteiger partial charge in [0, 0.05) is 12.7 Å². The number of amides is 1. The number of aliphatic carboxylic acids is 1. The molecule has 1 unspecified atom stereocenters. The molecule has 1 heterocycles. The van der Waals surface area contributed by atoms with Gasteiger partial charge >= 0.3 is 5.97 Å². The number of hydrogen-bond acceptors (Lipinski definition) is 3. The Kier molecular flexibility index (Phi) is 5.35. The molecule has 100 valence electrons. The average Bonchev–Trinajstić information content (AvgIpc) is 2.82. The van der Waals surface area contributed by atoms with Gasteiger partial charge in [-0.05, 0) is 13.3 Å². The van der Waals surface area contributed by atoms with Crippen molar-refractivity contribution in [2.75, 3.05) is 0 Å². The van der Waals surface area contributed by atoms with Crippen LogP contribution in [0.1, 0.15) is 43.5 Å². The van der Waals surface area contributed by atoms with Gasteiger partial charge < -0.3 is 10.4 Å². The van der Waals surface area contributed by atoms with E-state index >= 15 is 0 Å². The van der Waals surface area contributed by atoms with Crippen LogP contribution in [-0.4, -0.2) is 32.8 Å². The molecule has 0 bridgehead atoms. The number of carbonyl (C=O) groups is 2. The van der Waals surface area contributed by atoms with E-state index in [2.05, 4.69) is 10.4 Å². The van der Waals surface area contributed by atoms with Gasteiger partial charge in [0.15, 0.2) is 0 Å². The second-order valence-electron chi connectivity index (χ2n) is 4.09. The van der Waals surface area contributed by atoms with Crippen LogP contribution in [0.4, 0.5) is 0 Å². The maximum atomic E-state index is 11.8. The third-order valence-corrected chi connectivity index (χ3v) is 2.67. The minimum absolute atomic E-state index is 0.389. The van der Waals surface area contributed by atoms with E-state index in [1.807, 2.05) is 13.8 Å². The second-order valence-corrected chi connectivity index (χ2v) is 4.09. The first-order valence-electron chi connectivity index (χ1n) is 6.14. The number of unbranched alkanes of at least 4 members (excludes halogenated alkanes) is 1. The zero-order valence-corrected chi connectivity index (χ0v) is 10.7. The summed E-state index contributed by atoms with van der Waals surface area (Å²) in [6.45, 7) is 4.56. The lowest BCUT2D eigenvalue weighted by molar-refractivity contribution is -0.139. The fourth-order valence-electron chi connectivity index (χ4n) is 1.56. The van der Waals surface area contributed by atoms with Crippen molar-refractivity contribution in [3.8, 4) is 0 Å². The number of nitrogens with one attached hydrogen (secondary N) is 1. The Bertz CT molecular complexity index is 414. The Morgan fingerprint density at radius 3 is 2.72 bits per heavy atom. The van der Waals surface area contributed by atoms with Crippen molar-refractivity contribution in [2.45, 2.75) is 45.7 Å². The molecule has 2 N–H and O–H groups in total. The zero-order chi connectivity index (χ0) is 13.5. The lowest BCUT2D eigenvalue weighted by Crippen LogP contribution is -2.40. The van der Waals surface area contributed by atoms with E-state index < -0.39 is 17.9 Å². The molecule has 1 rings (SSSR count). The Hall–Kier alpha value is -1.85. The molecule has 0 fully saturated rings. The Morgan fingerprint density at radius 2 is 2.22 bits per heavy atom. The minimum atomic E-state index is -1.00. The summed E-state index contributed by atoms with van der Waals surface area (Å²) in [5.74, 6) is -1.39. The van der Waals surface area contributed by atoms with Crippen LogP contribution < -0.4 is 5.32 Å². The topological polar surface area (TPSA) is 84.2 Å². The standard InChI is InChI=1S/C12H19N3O3/c1-3-5-6-10(12(17)18)14-11(16)9-7-13-15(4-2)8-9/h7-8,10H,3-6H2,1-2H3,(H,14,16)(H,17,18). The van der Waals surface area contributed by atoms with Gasteiger partial charge in [-0.2, -0.15) is 5.10 Å². The predicted molar refractivity (Wildman–Crippen MR) is 66.3 cm³/mol. The number of aromatic nitrogens is 2. The maximum Gasteiger partial charge on any atom is 0.326 e. The van der Waals surface area contributed by atoms with Crippen molar-refractivity contribution in [1.29, 1.82) is 0 Å². The first kappa shape index (κ1) is 14.2. The highest BCUT2D eigenvalue weighted by Crippen LogP contribution is 2.04. The summed E-state index contributed by atoms with van der Waals surface area (Å²) in [5, 5.41) is 15.5. The molecule has 1 amide bonds. The molecule has 6 nitrogen and oxygen atoms in total. The summed E-state index contributed by atoms with van der Waals surface area (Å²) >= 11 is 0. The van der Waals surface area contributed by atoms with Gasteiger partial charge in [0.25, 0.3) is 5.91 Å². The predicted octanol–water partition coefficient (Wildman–Crippen LogP) is 1.28. The Morgan fingerprint density at radius 1 is 1.50 bits per heavy atom. The summed E-state index contributed by atoms with van der Waals surface area (Å²) < 4.78 is 1.62. The molecule has 0 aliphatic heterocycles. The van der Waals surface area contributed by atoms with E-state index in [9.17, 15) is 9.59 Å². The highest BCUT2D eigenvalue weighted by molar-refractivity contribution is 5.96. The van der Waals surface area contributed by atoms with Crippen LogP contribution in [0, 0.1) is 0 Å². The lowest BCUT2D eigenvalue weighted by atomic mass is 10.1. The molecule has 0 saturated carbocycles. The SMILES string of the molecule is CCCCC(NC(=O)c1cnn(CC)c1)C(=O)O. The largest absolute Gasteiger partial charge is 0.480 e. The van der Waals surface area contributed by atoms with Crippen LogP contribution in [0.5, 0.6) is 0 Å². The summed E-state index contributed by atoms with van der Waals surface area (Å²) in [6.07, 6.45) is 5.16.